The van der Waals surface area contributed by atoms with Crippen LogP contribution >= 0.6 is 0 Å². The summed E-state index contributed by atoms with van der Waals surface area (Å²) in [5.74, 6) is -0.633. The minimum absolute atomic E-state index is 0.137. The van der Waals surface area contributed by atoms with Crippen molar-refractivity contribution in [2.75, 3.05) is 31.1 Å². The van der Waals surface area contributed by atoms with Crippen LogP contribution in [0.15, 0.2) is 18.2 Å². The molecule has 0 radical (unpaired) electrons. The molecule has 8 heteroatoms. The second-order valence-electron chi connectivity index (χ2n) is 5.08. The molecule has 1 atom stereocenters. The number of nitro benzene ring substituents is 1. The molecule has 22 heavy (non-hydrogen) atoms. The minimum atomic E-state index is -0.633. The first-order valence-electron chi connectivity index (χ1n) is 7.06. The summed E-state index contributed by atoms with van der Waals surface area (Å²) in [7, 11) is 0. The molecule has 1 aromatic rings. The second kappa shape index (κ2) is 6.59. The molecule has 2 rings (SSSR count). The minimum Gasteiger partial charge on any atom is -0.450 e. The number of benzene rings is 1. The van der Waals surface area contributed by atoms with Crippen molar-refractivity contribution in [2.45, 2.75) is 19.9 Å². The predicted molar refractivity (Wildman–Crippen MR) is 78.5 cm³/mol. The fraction of sp³-hybridized carbons (Fsp3) is 0.500. The van der Waals surface area contributed by atoms with Crippen molar-refractivity contribution in [3.05, 3.63) is 34.1 Å². The molecule has 1 aliphatic heterocycles. The first kappa shape index (κ1) is 16.0. The van der Waals surface area contributed by atoms with E-state index in [4.69, 9.17) is 4.74 Å². The first-order chi connectivity index (χ1) is 10.4. The second-order valence-corrected chi connectivity index (χ2v) is 5.08. The van der Waals surface area contributed by atoms with Crippen molar-refractivity contribution in [1.82, 2.24) is 4.90 Å². The van der Waals surface area contributed by atoms with Gasteiger partial charge >= 0.3 is 6.09 Å². The van der Waals surface area contributed by atoms with Crippen LogP contribution in [-0.2, 0) is 4.74 Å². The number of nitrogens with zero attached hydrogens (tertiary/aromatic N) is 3. The molecule has 1 amide bonds. The van der Waals surface area contributed by atoms with Crippen LogP contribution in [0.5, 0.6) is 0 Å². The number of rotatable bonds is 3. The van der Waals surface area contributed by atoms with Gasteiger partial charge in [-0.1, -0.05) is 0 Å². The maximum absolute atomic E-state index is 14.0. The number of nitro groups is 1. The van der Waals surface area contributed by atoms with E-state index < -0.39 is 10.7 Å². The molecule has 0 N–H and O–H groups in total. The highest BCUT2D eigenvalue weighted by Crippen LogP contribution is 2.26. The summed E-state index contributed by atoms with van der Waals surface area (Å²) >= 11 is 0. The van der Waals surface area contributed by atoms with Crippen molar-refractivity contribution in [2.24, 2.45) is 0 Å². The monoisotopic (exact) mass is 311 g/mol. The van der Waals surface area contributed by atoms with Gasteiger partial charge in [-0.15, -0.1) is 0 Å². The lowest BCUT2D eigenvalue weighted by molar-refractivity contribution is -0.385. The van der Waals surface area contributed by atoms with Gasteiger partial charge in [0.1, 0.15) is 0 Å². The average Bonchev–Trinajstić information content (AvgIpc) is 2.47. The molecule has 1 aromatic carbocycles. The van der Waals surface area contributed by atoms with Crippen LogP contribution < -0.4 is 4.90 Å². The van der Waals surface area contributed by atoms with Gasteiger partial charge in [0.15, 0.2) is 5.82 Å². The third-order valence-electron chi connectivity index (χ3n) is 3.61. The summed E-state index contributed by atoms with van der Waals surface area (Å²) in [5.41, 5.74) is 0.0282. The fourth-order valence-electron chi connectivity index (χ4n) is 2.52. The normalized spacial score (nSPS) is 18.2. The molecule has 0 bridgehead atoms. The van der Waals surface area contributed by atoms with Crippen molar-refractivity contribution < 1.29 is 18.8 Å². The van der Waals surface area contributed by atoms with E-state index in [1.165, 1.54) is 12.1 Å². The van der Waals surface area contributed by atoms with Crippen LogP contribution in [0.1, 0.15) is 13.8 Å². The Bertz CT molecular complexity index is 581. The Kier molecular flexibility index (Phi) is 4.79. The van der Waals surface area contributed by atoms with Gasteiger partial charge in [-0.05, 0) is 19.9 Å². The summed E-state index contributed by atoms with van der Waals surface area (Å²) in [5, 5.41) is 10.6. The molecule has 1 saturated heterocycles. The van der Waals surface area contributed by atoms with Crippen LogP contribution in [-0.4, -0.2) is 48.2 Å². The first-order valence-corrected chi connectivity index (χ1v) is 7.06. The van der Waals surface area contributed by atoms with Gasteiger partial charge in [0.2, 0.25) is 0 Å². The number of piperazine rings is 1. The van der Waals surface area contributed by atoms with Crippen LogP contribution in [0.25, 0.3) is 0 Å². The highest BCUT2D eigenvalue weighted by molar-refractivity contribution is 5.68. The zero-order valence-corrected chi connectivity index (χ0v) is 12.5. The highest BCUT2D eigenvalue weighted by atomic mass is 19.1. The molecule has 7 nitrogen and oxygen atoms in total. The van der Waals surface area contributed by atoms with E-state index in [0.717, 1.165) is 6.07 Å². The van der Waals surface area contributed by atoms with Crippen molar-refractivity contribution >= 4 is 17.5 Å². The number of amides is 1. The molecule has 0 aliphatic carbocycles. The van der Waals surface area contributed by atoms with E-state index in [9.17, 15) is 19.3 Å². The molecule has 0 unspecified atom stereocenters. The Labute approximate surface area is 127 Å². The Morgan fingerprint density at radius 2 is 2.23 bits per heavy atom. The smallest absolute Gasteiger partial charge is 0.410 e. The van der Waals surface area contributed by atoms with Gasteiger partial charge in [0.05, 0.1) is 23.3 Å². The van der Waals surface area contributed by atoms with Crippen molar-refractivity contribution in [3.63, 3.8) is 0 Å². The fourth-order valence-corrected chi connectivity index (χ4v) is 2.52. The molecule has 1 fully saturated rings. The number of carbonyl (C=O) groups excluding carboxylic acids is 1. The van der Waals surface area contributed by atoms with Crippen molar-refractivity contribution in [1.29, 1.82) is 0 Å². The number of anilines is 1. The lowest BCUT2D eigenvalue weighted by atomic mass is 10.1. The summed E-state index contributed by atoms with van der Waals surface area (Å²) in [4.78, 5) is 25.2. The Morgan fingerprint density at radius 1 is 1.50 bits per heavy atom. The number of carbonyl (C=O) groups is 1. The van der Waals surface area contributed by atoms with Crippen LogP contribution in [0.4, 0.5) is 20.6 Å². The van der Waals surface area contributed by atoms with Gasteiger partial charge in [-0.3, -0.25) is 10.1 Å². The molecule has 1 aliphatic rings. The van der Waals surface area contributed by atoms with Gasteiger partial charge in [0.25, 0.3) is 5.69 Å². The van der Waals surface area contributed by atoms with Crippen LogP contribution in [0.3, 0.4) is 0 Å². The summed E-state index contributed by atoms with van der Waals surface area (Å²) < 4.78 is 19.0. The van der Waals surface area contributed by atoms with Gasteiger partial charge in [-0.2, -0.15) is 0 Å². The van der Waals surface area contributed by atoms with Gasteiger partial charge in [0, 0.05) is 31.7 Å². The third-order valence-corrected chi connectivity index (χ3v) is 3.61. The number of non-ortho nitro benzene ring substituents is 1. The van der Waals surface area contributed by atoms with Gasteiger partial charge in [-0.25, -0.2) is 9.18 Å². The molecule has 120 valence electrons. The number of hydrogen-bond acceptors (Lipinski definition) is 5. The summed E-state index contributed by atoms with van der Waals surface area (Å²) in [6.45, 7) is 5.20. The Morgan fingerprint density at radius 3 is 2.77 bits per heavy atom. The molecular formula is C14H18FN3O4. The largest absolute Gasteiger partial charge is 0.450 e. The van der Waals surface area contributed by atoms with Crippen LogP contribution in [0, 0.1) is 15.9 Å². The topological polar surface area (TPSA) is 75.9 Å². The molecule has 1 heterocycles. The number of hydrogen-bond donors (Lipinski definition) is 0. The van der Waals surface area contributed by atoms with Crippen molar-refractivity contribution in [3.8, 4) is 0 Å². The lowest BCUT2D eigenvalue weighted by Gasteiger charge is -2.40. The van der Waals surface area contributed by atoms with E-state index in [2.05, 4.69) is 0 Å². The Hall–Kier alpha value is -2.38. The molecular weight excluding hydrogens is 293 g/mol. The van der Waals surface area contributed by atoms with Gasteiger partial charge < -0.3 is 14.5 Å². The summed E-state index contributed by atoms with van der Waals surface area (Å²) in [6.07, 6.45) is -0.376. The maximum atomic E-state index is 14.0. The average molecular weight is 311 g/mol. The highest BCUT2D eigenvalue weighted by Gasteiger charge is 2.29. The van der Waals surface area contributed by atoms with E-state index in [1.54, 1.807) is 16.7 Å². The zero-order valence-electron chi connectivity index (χ0n) is 12.5. The number of halogens is 1. The lowest BCUT2D eigenvalue weighted by Crippen LogP contribution is -2.54. The van der Waals surface area contributed by atoms with E-state index in [-0.39, 0.29) is 17.8 Å². The SMILES string of the molecule is CCOC(=O)N1CCN(c2ccc([N+](=O)[O-])cc2F)C[C@@H]1C. The van der Waals surface area contributed by atoms with E-state index in [0.29, 0.717) is 31.9 Å². The maximum Gasteiger partial charge on any atom is 0.410 e. The quantitative estimate of drug-likeness (QED) is 0.633. The van der Waals surface area contributed by atoms with Crippen LogP contribution in [0.2, 0.25) is 0 Å². The Balaban J connectivity index is 2.10. The number of ether oxygens (including phenoxy) is 1. The predicted octanol–water partition coefficient (Wildman–Crippen LogP) is 2.40. The molecule has 0 spiro atoms. The molecule has 0 aromatic heterocycles. The van der Waals surface area contributed by atoms with E-state index in [1.807, 2.05) is 6.92 Å². The summed E-state index contributed by atoms with van der Waals surface area (Å²) in [6, 6.07) is 3.46. The zero-order chi connectivity index (χ0) is 16.3. The third kappa shape index (κ3) is 3.26. The molecule has 0 saturated carbocycles. The standard InChI is InChI=1S/C14H18FN3O4/c1-3-22-14(19)17-7-6-16(9-10(17)2)13-5-4-11(18(20)21)8-12(13)15/h4-5,8,10H,3,6-7,9H2,1-2H3/t10-/m0/s1. The van der Waals surface area contributed by atoms with E-state index >= 15 is 0 Å².